The summed E-state index contributed by atoms with van der Waals surface area (Å²) in [5.41, 5.74) is 1.66. The molecule has 4 nitrogen and oxygen atoms in total. The zero-order chi connectivity index (χ0) is 7.84. The fraction of sp³-hybridized carbons (Fsp3) is 0.143. The topological polar surface area (TPSA) is 50.4 Å². The number of rotatable bonds is 0. The van der Waals surface area contributed by atoms with Gasteiger partial charge in [0.15, 0.2) is 5.65 Å². The first-order valence-corrected chi connectivity index (χ1v) is 3.27. The highest BCUT2D eigenvalue weighted by atomic mass is 16.3. The van der Waals surface area contributed by atoms with Crippen molar-refractivity contribution in [2.45, 2.75) is 6.92 Å². The molecule has 0 aliphatic rings. The molecule has 2 aromatic rings. The van der Waals surface area contributed by atoms with E-state index >= 15 is 0 Å². The van der Waals surface area contributed by atoms with E-state index in [2.05, 4.69) is 10.1 Å². The molecule has 4 heteroatoms. The van der Waals surface area contributed by atoms with Crippen LogP contribution in [0.1, 0.15) is 5.56 Å². The second kappa shape index (κ2) is 1.95. The SMILES string of the molecule is Cc1cnn2c(O)ccnc12. The molecule has 0 amide bonds. The van der Waals surface area contributed by atoms with Gasteiger partial charge in [0.05, 0.1) is 6.20 Å². The molecule has 2 rings (SSSR count). The van der Waals surface area contributed by atoms with Crippen LogP contribution in [0.3, 0.4) is 0 Å². The minimum atomic E-state index is 0.114. The molecule has 11 heavy (non-hydrogen) atoms. The Morgan fingerprint density at radius 1 is 1.55 bits per heavy atom. The fourth-order valence-corrected chi connectivity index (χ4v) is 0.993. The van der Waals surface area contributed by atoms with Gasteiger partial charge in [0.25, 0.3) is 0 Å². The summed E-state index contributed by atoms with van der Waals surface area (Å²) in [6.45, 7) is 1.90. The Balaban J connectivity index is 2.94. The zero-order valence-corrected chi connectivity index (χ0v) is 6.02. The first kappa shape index (κ1) is 6.15. The van der Waals surface area contributed by atoms with Crippen LogP contribution in [0, 0.1) is 6.92 Å². The van der Waals surface area contributed by atoms with Gasteiger partial charge >= 0.3 is 0 Å². The van der Waals surface area contributed by atoms with Gasteiger partial charge in [-0.15, -0.1) is 0 Å². The van der Waals surface area contributed by atoms with E-state index in [1.54, 1.807) is 12.4 Å². The van der Waals surface area contributed by atoms with Crippen LogP contribution in [0.25, 0.3) is 5.65 Å². The first-order valence-electron chi connectivity index (χ1n) is 3.27. The van der Waals surface area contributed by atoms with Gasteiger partial charge in [-0.1, -0.05) is 0 Å². The smallest absolute Gasteiger partial charge is 0.215 e. The van der Waals surface area contributed by atoms with E-state index in [-0.39, 0.29) is 5.88 Å². The molecule has 2 aromatic heterocycles. The summed E-state index contributed by atoms with van der Waals surface area (Å²) < 4.78 is 1.40. The molecule has 0 saturated carbocycles. The molecular formula is C7H7N3O. The number of hydrogen-bond acceptors (Lipinski definition) is 3. The van der Waals surface area contributed by atoms with Gasteiger partial charge in [-0.05, 0) is 6.92 Å². The second-order valence-corrected chi connectivity index (χ2v) is 2.37. The molecule has 0 unspecified atom stereocenters. The highest BCUT2D eigenvalue weighted by molar-refractivity contribution is 5.46. The molecular weight excluding hydrogens is 142 g/mol. The standard InChI is InChI=1S/C7H7N3O/c1-5-4-9-10-6(11)2-3-8-7(5)10/h2-4,11H,1H3. The van der Waals surface area contributed by atoms with E-state index in [0.29, 0.717) is 5.65 Å². The predicted octanol–water partition coefficient (Wildman–Crippen LogP) is 0.743. The maximum atomic E-state index is 9.25. The third-order valence-electron chi connectivity index (χ3n) is 1.56. The monoisotopic (exact) mass is 149 g/mol. The summed E-state index contributed by atoms with van der Waals surface area (Å²) in [6, 6.07) is 1.50. The minimum absolute atomic E-state index is 0.114. The minimum Gasteiger partial charge on any atom is -0.493 e. The Labute approximate surface area is 63.1 Å². The second-order valence-electron chi connectivity index (χ2n) is 2.37. The lowest BCUT2D eigenvalue weighted by Gasteiger charge is -1.94. The Morgan fingerprint density at radius 3 is 3.09 bits per heavy atom. The summed E-state index contributed by atoms with van der Waals surface area (Å²) in [6.07, 6.45) is 3.22. The third kappa shape index (κ3) is 0.756. The Hall–Kier alpha value is -1.58. The first-order chi connectivity index (χ1) is 5.29. The number of aromatic hydroxyl groups is 1. The van der Waals surface area contributed by atoms with Crippen LogP contribution >= 0.6 is 0 Å². The number of aryl methyl sites for hydroxylation is 1. The summed E-state index contributed by atoms with van der Waals surface area (Å²) in [5.74, 6) is 0.114. The highest BCUT2D eigenvalue weighted by Gasteiger charge is 2.02. The average molecular weight is 149 g/mol. The largest absolute Gasteiger partial charge is 0.493 e. The van der Waals surface area contributed by atoms with Gasteiger partial charge in [-0.25, -0.2) is 4.98 Å². The molecule has 0 bridgehead atoms. The van der Waals surface area contributed by atoms with Crippen LogP contribution in [0.4, 0.5) is 0 Å². The fourth-order valence-electron chi connectivity index (χ4n) is 0.993. The normalized spacial score (nSPS) is 10.6. The lowest BCUT2D eigenvalue weighted by molar-refractivity contribution is 0.435. The Bertz CT molecular complexity index is 393. The summed E-state index contributed by atoms with van der Waals surface area (Å²) in [7, 11) is 0. The molecule has 0 fully saturated rings. The lowest BCUT2D eigenvalue weighted by atomic mass is 10.4. The molecule has 56 valence electrons. The van der Waals surface area contributed by atoms with Crippen LogP contribution in [0.15, 0.2) is 18.5 Å². The van der Waals surface area contributed by atoms with E-state index in [1.165, 1.54) is 10.6 Å². The Kier molecular flexibility index (Phi) is 1.09. The van der Waals surface area contributed by atoms with Gasteiger partial charge < -0.3 is 5.11 Å². The third-order valence-corrected chi connectivity index (χ3v) is 1.56. The van der Waals surface area contributed by atoms with Crippen molar-refractivity contribution in [3.05, 3.63) is 24.0 Å². The predicted molar refractivity (Wildman–Crippen MR) is 39.4 cm³/mol. The maximum absolute atomic E-state index is 9.25. The molecule has 1 N–H and O–H groups in total. The van der Waals surface area contributed by atoms with E-state index in [0.717, 1.165) is 5.56 Å². The zero-order valence-electron chi connectivity index (χ0n) is 6.02. The molecule has 0 radical (unpaired) electrons. The van der Waals surface area contributed by atoms with Crippen molar-refractivity contribution in [2.24, 2.45) is 0 Å². The van der Waals surface area contributed by atoms with Gasteiger partial charge in [-0.2, -0.15) is 9.61 Å². The summed E-state index contributed by atoms with van der Waals surface area (Å²) in [5, 5.41) is 13.2. The van der Waals surface area contributed by atoms with Crippen molar-refractivity contribution < 1.29 is 5.11 Å². The van der Waals surface area contributed by atoms with E-state index in [9.17, 15) is 5.11 Å². The number of nitrogens with zero attached hydrogens (tertiary/aromatic N) is 3. The van der Waals surface area contributed by atoms with Crippen molar-refractivity contribution in [2.75, 3.05) is 0 Å². The van der Waals surface area contributed by atoms with Crippen molar-refractivity contribution in [1.82, 2.24) is 14.6 Å². The number of hydrogen-bond donors (Lipinski definition) is 1. The molecule has 0 saturated heterocycles. The molecule has 2 heterocycles. The lowest BCUT2D eigenvalue weighted by Crippen LogP contribution is -1.89. The van der Waals surface area contributed by atoms with Gasteiger partial charge in [0.1, 0.15) is 0 Å². The summed E-state index contributed by atoms with van der Waals surface area (Å²) >= 11 is 0. The molecule has 0 aliphatic heterocycles. The van der Waals surface area contributed by atoms with E-state index in [4.69, 9.17) is 0 Å². The molecule has 0 aromatic carbocycles. The van der Waals surface area contributed by atoms with Crippen LogP contribution < -0.4 is 0 Å². The Morgan fingerprint density at radius 2 is 2.36 bits per heavy atom. The van der Waals surface area contributed by atoms with Crippen LogP contribution in [0.2, 0.25) is 0 Å². The molecule has 0 aliphatic carbocycles. The van der Waals surface area contributed by atoms with E-state index < -0.39 is 0 Å². The number of aromatic nitrogens is 3. The van der Waals surface area contributed by atoms with Gasteiger partial charge in [0, 0.05) is 17.8 Å². The summed E-state index contributed by atoms with van der Waals surface area (Å²) in [4.78, 5) is 4.04. The van der Waals surface area contributed by atoms with Crippen molar-refractivity contribution >= 4 is 5.65 Å². The van der Waals surface area contributed by atoms with E-state index in [1.807, 2.05) is 6.92 Å². The van der Waals surface area contributed by atoms with Crippen LogP contribution in [-0.2, 0) is 0 Å². The molecule has 0 atom stereocenters. The van der Waals surface area contributed by atoms with Crippen LogP contribution in [-0.4, -0.2) is 19.7 Å². The van der Waals surface area contributed by atoms with Crippen molar-refractivity contribution in [1.29, 1.82) is 0 Å². The van der Waals surface area contributed by atoms with Crippen LogP contribution in [0.5, 0.6) is 5.88 Å². The quantitative estimate of drug-likeness (QED) is 0.601. The van der Waals surface area contributed by atoms with Crippen molar-refractivity contribution in [3.63, 3.8) is 0 Å². The van der Waals surface area contributed by atoms with Gasteiger partial charge in [-0.3, -0.25) is 0 Å². The average Bonchev–Trinajstić information content (AvgIpc) is 2.35. The number of fused-ring (bicyclic) bond motifs is 1. The molecule has 0 spiro atoms. The van der Waals surface area contributed by atoms with Crippen molar-refractivity contribution in [3.8, 4) is 5.88 Å². The van der Waals surface area contributed by atoms with Gasteiger partial charge in [0.2, 0.25) is 5.88 Å². The maximum Gasteiger partial charge on any atom is 0.215 e. The highest BCUT2D eigenvalue weighted by Crippen LogP contribution is 2.11.